The molecule has 1 rings (SSSR count). The van der Waals surface area contributed by atoms with Crippen LogP contribution < -0.4 is 5.32 Å². The molecule has 1 heterocycles. The topological polar surface area (TPSA) is 59.1 Å². The van der Waals surface area contributed by atoms with Crippen molar-refractivity contribution in [3.05, 3.63) is 29.8 Å². The van der Waals surface area contributed by atoms with Gasteiger partial charge in [0.15, 0.2) is 0 Å². The van der Waals surface area contributed by atoms with Crippen LogP contribution in [0.5, 0.6) is 0 Å². The summed E-state index contributed by atoms with van der Waals surface area (Å²) in [6.45, 7) is 2.14. The maximum absolute atomic E-state index is 12.7. The van der Waals surface area contributed by atoms with Gasteiger partial charge < -0.3 is 5.32 Å². The second-order valence-corrected chi connectivity index (χ2v) is 4.92. The van der Waals surface area contributed by atoms with E-state index >= 15 is 0 Å². The van der Waals surface area contributed by atoms with Gasteiger partial charge in [0.2, 0.25) is 5.95 Å². The quantitative estimate of drug-likeness (QED) is 0.776. The Labute approximate surface area is 95.7 Å². The van der Waals surface area contributed by atoms with Crippen molar-refractivity contribution in [2.75, 3.05) is 18.1 Å². The van der Waals surface area contributed by atoms with Crippen molar-refractivity contribution in [1.82, 2.24) is 10.3 Å². The van der Waals surface area contributed by atoms with Crippen LogP contribution in [0, 0.1) is 5.95 Å². The number of hydrogen-bond acceptors (Lipinski definition) is 3. The van der Waals surface area contributed by atoms with Crippen molar-refractivity contribution in [2.24, 2.45) is 0 Å². The number of amides is 1. The summed E-state index contributed by atoms with van der Waals surface area (Å²) >= 11 is 0. The molecule has 0 spiro atoms. The first-order valence-corrected chi connectivity index (χ1v) is 6.37. The third-order valence-corrected chi connectivity index (χ3v) is 3.23. The summed E-state index contributed by atoms with van der Waals surface area (Å²) in [6.07, 6.45) is 1.23. The molecule has 1 amide bonds. The highest BCUT2D eigenvalue weighted by molar-refractivity contribution is 7.84. The van der Waals surface area contributed by atoms with Crippen LogP contribution in [0.1, 0.15) is 17.3 Å². The molecule has 4 nitrogen and oxygen atoms in total. The van der Waals surface area contributed by atoms with Gasteiger partial charge in [-0.1, -0.05) is 6.92 Å². The summed E-state index contributed by atoms with van der Waals surface area (Å²) < 4.78 is 23.8. The van der Waals surface area contributed by atoms with E-state index in [0.717, 1.165) is 6.07 Å². The molecule has 1 unspecified atom stereocenters. The minimum Gasteiger partial charge on any atom is -0.351 e. The van der Waals surface area contributed by atoms with Crippen LogP contribution in [0.4, 0.5) is 4.39 Å². The molecular weight excluding hydrogens is 231 g/mol. The lowest BCUT2D eigenvalue weighted by Gasteiger charge is -2.04. The Morgan fingerprint density at radius 3 is 3.00 bits per heavy atom. The summed E-state index contributed by atoms with van der Waals surface area (Å²) in [4.78, 5) is 14.8. The van der Waals surface area contributed by atoms with E-state index in [-0.39, 0.29) is 11.5 Å². The summed E-state index contributed by atoms with van der Waals surface area (Å²) in [7, 11) is -0.905. The average molecular weight is 244 g/mol. The van der Waals surface area contributed by atoms with Crippen molar-refractivity contribution in [3.8, 4) is 0 Å². The van der Waals surface area contributed by atoms with E-state index < -0.39 is 16.7 Å². The molecule has 0 saturated carbocycles. The predicted octanol–water partition coefficient (Wildman–Crippen LogP) is 0.719. The zero-order chi connectivity index (χ0) is 12.0. The fourth-order valence-corrected chi connectivity index (χ4v) is 1.69. The Morgan fingerprint density at radius 1 is 1.62 bits per heavy atom. The van der Waals surface area contributed by atoms with Crippen LogP contribution in [-0.2, 0) is 10.8 Å². The molecule has 0 fully saturated rings. The van der Waals surface area contributed by atoms with Crippen LogP contribution in [0.15, 0.2) is 18.3 Å². The van der Waals surface area contributed by atoms with Crippen LogP contribution in [0.3, 0.4) is 0 Å². The third-order valence-electron chi connectivity index (χ3n) is 1.93. The average Bonchev–Trinajstić information content (AvgIpc) is 2.28. The van der Waals surface area contributed by atoms with Gasteiger partial charge in [0.1, 0.15) is 0 Å². The normalized spacial score (nSPS) is 12.1. The van der Waals surface area contributed by atoms with Crippen molar-refractivity contribution < 1.29 is 13.4 Å². The molecule has 6 heteroatoms. The van der Waals surface area contributed by atoms with Crippen molar-refractivity contribution in [3.63, 3.8) is 0 Å². The molecule has 0 aromatic carbocycles. The number of halogens is 1. The summed E-state index contributed by atoms with van der Waals surface area (Å²) in [5, 5.41) is 2.56. The molecule has 0 bridgehead atoms. The van der Waals surface area contributed by atoms with Crippen LogP contribution >= 0.6 is 0 Å². The highest BCUT2D eigenvalue weighted by Gasteiger charge is 2.06. The Hall–Kier alpha value is -1.30. The molecule has 0 aliphatic rings. The van der Waals surface area contributed by atoms with E-state index in [0.29, 0.717) is 18.1 Å². The molecule has 0 aliphatic heterocycles. The molecule has 1 aromatic heterocycles. The minimum atomic E-state index is -0.905. The zero-order valence-electron chi connectivity index (χ0n) is 8.90. The van der Waals surface area contributed by atoms with Gasteiger partial charge >= 0.3 is 0 Å². The predicted molar refractivity (Wildman–Crippen MR) is 60.1 cm³/mol. The van der Waals surface area contributed by atoms with E-state index in [1.807, 2.05) is 6.92 Å². The van der Waals surface area contributed by atoms with E-state index in [4.69, 9.17) is 0 Å². The number of carbonyl (C=O) groups excluding carboxylic acids is 1. The molecule has 0 aliphatic carbocycles. The molecule has 16 heavy (non-hydrogen) atoms. The van der Waals surface area contributed by atoms with Gasteiger partial charge in [0.05, 0.1) is 0 Å². The molecule has 1 N–H and O–H groups in total. The fourth-order valence-electron chi connectivity index (χ4n) is 1.07. The molecule has 0 radical (unpaired) electrons. The fraction of sp³-hybridized carbons (Fsp3) is 0.400. The van der Waals surface area contributed by atoms with Gasteiger partial charge in [-0.2, -0.15) is 4.39 Å². The Bertz CT molecular complexity index is 398. The minimum absolute atomic E-state index is 0.217. The number of pyridine rings is 1. The maximum Gasteiger partial charge on any atom is 0.251 e. The van der Waals surface area contributed by atoms with Crippen molar-refractivity contribution >= 4 is 16.7 Å². The number of nitrogens with zero attached hydrogens (tertiary/aromatic N) is 1. The number of nitrogens with one attached hydrogen (secondary N) is 1. The smallest absolute Gasteiger partial charge is 0.251 e. The Balaban J connectivity index is 2.44. The maximum atomic E-state index is 12.7. The second kappa shape index (κ2) is 6.32. The Kier molecular flexibility index (Phi) is 5.04. The number of rotatable bonds is 5. The van der Waals surface area contributed by atoms with Gasteiger partial charge in [0, 0.05) is 46.7 Å². The van der Waals surface area contributed by atoms with E-state index in [9.17, 15) is 13.4 Å². The van der Waals surface area contributed by atoms with Crippen LogP contribution in [-0.4, -0.2) is 33.2 Å². The lowest BCUT2D eigenvalue weighted by atomic mass is 10.2. The zero-order valence-corrected chi connectivity index (χ0v) is 9.72. The van der Waals surface area contributed by atoms with E-state index in [2.05, 4.69) is 10.3 Å². The van der Waals surface area contributed by atoms with Gasteiger partial charge in [-0.05, 0) is 6.07 Å². The van der Waals surface area contributed by atoms with E-state index in [1.54, 1.807) is 0 Å². The molecule has 1 aromatic rings. The monoisotopic (exact) mass is 244 g/mol. The standard InChI is InChI=1S/C10H13FN2O2S/c1-2-16(15)6-5-13-10(14)8-3-4-12-9(11)7-8/h3-4,7H,2,5-6H2,1H3,(H,13,14). The van der Waals surface area contributed by atoms with Crippen molar-refractivity contribution in [2.45, 2.75) is 6.92 Å². The van der Waals surface area contributed by atoms with Gasteiger partial charge in [-0.3, -0.25) is 9.00 Å². The number of carbonyl (C=O) groups is 1. The Morgan fingerprint density at radius 2 is 2.38 bits per heavy atom. The second-order valence-electron chi connectivity index (χ2n) is 3.06. The molecule has 1 atom stereocenters. The number of aromatic nitrogens is 1. The first kappa shape index (κ1) is 12.8. The summed E-state index contributed by atoms with van der Waals surface area (Å²) in [5.41, 5.74) is 0.217. The van der Waals surface area contributed by atoms with Crippen LogP contribution in [0.25, 0.3) is 0 Å². The highest BCUT2D eigenvalue weighted by Crippen LogP contribution is 1.99. The molecule has 0 saturated heterocycles. The number of hydrogen-bond donors (Lipinski definition) is 1. The third kappa shape index (κ3) is 4.06. The molecular formula is C10H13FN2O2S. The van der Waals surface area contributed by atoms with E-state index in [1.165, 1.54) is 12.3 Å². The SMILES string of the molecule is CCS(=O)CCNC(=O)c1ccnc(F)c1. The largest absolute Gasteiger partial charge is 0.351 e. The van der Waals surface area contributed by atoms with Gasteiger partial charge in [-0.15, -0.1) is 0 Å². The van der Waals surface area contributed by atoms with Crippen molar-refractivity contribution in [1.29, 1.82) is 0 Å². The van der Waals surface area contributed by atoms with Gasteiger partial charge in [0.25, 0.3) is 5.91 Å². The summed E-state index contributed by atoms with van der Waals surface area (Å²) in [6, 6.07) is 2.49. The lowest BCUT2D eigenvalue weighted by molar-refractivity contribution is 0.0955. The first-order chi connectivity index (χ1) is 7.63. The summed E-state index contributed by atoms with van der Waals surface area (Å²) in [5.74, 6) is -0.0885. The van der Waals surface area contributed by atoms with Gasteiger partial charge in [-0.25, -0.2) is 4.98 Å². The molecule has 88 valence electrons. The lowest BCUT2D eigenvalue weighted by Crippen LogP contribution is -2.28. The first-order valence-electron chi connectivity index (χ1n) is 4.88. The van der Waals surface area contributed by atoms with Crippen LogP contribution in [0.2, 0.25) is 0 Å². The highest BCUT2D eigenvalue weighted by atomic mass is 32.2.